The van der Waals surface area contributed by atoms with Crippen LogP contribution in [0, 0.1) is 5.41 Å². The van der Waals surface area contributed by atoms with Gasteiger partial charge in [-0.3, -0.25) is 9.59 Å². The number of carbonyl (C=O) groups excluding carboxylic acids is 2. The standard InChI is InChI=1S/C22H27NO2/c1-22(2,3)20(24)14-15-21(25)23(16-18-10-6-4-7-11-18)17-19-12-8-5-9-13-19/h4-13H,14-17H2,1-3H3. The minimum atomic E-state index is -0.399. The van der Waals surface area contributed by atoms with E-state index in [4.69, 9.17) is 0 Å². The minimum absolute atomic E-state index is 0.0188. The lowest BCUT2D eigenvalue weighted by Gasteiger charge is -2.24. The van der Waals surface area contributed by atoms with Crippen LogP contribution < -0.4 is 0 Å². The zero-order chi connectivity index (χ0) is 18.3. The van der Waals surface area contributed by atoms with Crippen molar-refractivity contribution in [3.8, 4) is 0 Å². The first-order chi connectivity index (χ1) is 11.9. The predicted molar refractivity (Wildman–Crippen MR) is 101 cm³/mol. The Balaban J connectivity index is 2.07. The summed E-state index contributed by atoms with van der Waals surface area (Å²) in [5.74, 6) is 0.144. The van der Waals surface area contributed by atoms with Crippen LogP contribution in [0.3, 0.4) is 0 Å². The number of hydrogen-bond acceptors (Lipinski definition) is 2. The van der Waals surface area contributed by atoms with Gasteiger partial charge in [-0.1, -0.05) is 81.4 Å². The zero-order valence-corrected chi connectivity index (χ0v) is 15.4. The lowest BCUT2D eigenvalue weighted by atomic mass is 9.88. The zero-order valence-electron chi connectivity index (χ0n) is 15.4. The molecule has 0 spiro atoms. The number of Topliss-reactive ketones (excluding diaryl/α,β-unsaturated/α-hetero) is 1. The van der Waals surface area contributed by atoms with E-state index in [0.717, 1.165) is 11.1 Å². The Labute approximate surface area is 150 Å². The van der Waals surface area contributed by atoms with Crippen LogP contribution in [0.1, 0.15) is 44.7 Å². The highest BCUT2D eigenvalue weighted by Crippen LogP contribution is 2.19. The maximum absolute atomic E-state index is 12.8. The second kappa shape index (κ2) is 8.61. The molecule has 0 unspecified atom stereocenters. The first-order valence-corrected chi connectivity index (χ1v) is 8.75. The van der Waals surface area contributed by atoms with Crippen LogP contribution >= 0.6 is 0 Å². The van der Waals surface area contributed by atoms with E-state index in [1.807, 2.05) is 86.3 Å². The van der Waals surface area contributed by atoms with Gasteiger partial charge in [0, 0.05) is 31.3 Å². The molecule has 0 saturated heterocycles. The third-order valence-electron chi connectivity index (χ3n) is 4.19. The fraction of sp³-hybridized carbons (Fsp3) is 0.364. The second-order valence-electron chi connectivity index (χ2n) is 7.39. The van der Waals surface area contributed by atoms with Crippen molar-refractivity contribution < 1.29 is 9.59 Å². The van der Waals surface area contributed by atoms with Crippen LogP contribution in [0.4, 0.5) is 0 Å². The van der Waals surface area contributed by atoms with Crippen LogP contribution in [0.5, 0.6) is 0 Å². The monoisotopic (exact) mass is 337 g/mol. The summed E-state index contributed by atoms with van der Waals surface area (Å²) in [7, 11) is 0. The Hall–Kier alpha value is -2.42. The normalized spacial score (nSPS) is 11.2. The van der Waals surface area contributed by atoms with Gasteiger partial charge in [0.1, 0.15) is 5.78 Å². The maximum atomic E-state index is 12.8. The highest BCUT2D eigenvalue weighted by atomic mass is 16.2. The molecule has 0 saturated carbocycles. The van der Waals surface area contributed by atoms with Crippen molar-refractivity contribution in [2.24, 2.45) is 5.41 Å². The van der Waals surface area contributed by atoms with E-state index >= 15 is 0 Å². The molecule has 0 heterocycles. The third-order valence-corrected chi connectivity index (χ3v) is 4.19. The second-order valence-corrected chi connectivity index (χ2v) is 7.39. The topological polar surface area (TPSA) is 37.4 Å². The smallest absolute Gasteiger partial charge is 0.223 e. The Morgan fingerprint density at radius 3 is 1.60 bits per heavy atom. The molecule has 0 aliphatic carbocycles. The molecule has 3 heteroatoms. The molecular formula is C22H27NO2. The highest BCUT2D eigenvalue weighted by Gasteiger charge is 2.23. The van der Waals surface area contributed by atoms with Gasteiger partial charge >= 0.3 is 0 Å². The lowest BCUT2D eigenvalue weighted by molar-refractivity contribution is -0.135. The average Bonchev–Trinajstić information content (AvgIpc) is 2.59. The van der Waals surface area contributed by atoms with Crippen molar-refractivity contribution in [2.45, 2.75) is 46.7 Å². The molecule has 2 rings (SSSR count). The number of amides is 1. The molecule has 25 heavy (non-hydrogen) atoms. The fourth-order valence-electron chi connectivity index (χ4n) is 2.59. The lowest BCUT2D eigenvalue weighted by Crippen LogP contribution is -2.31. The van der Waals surface area contributed by atoms with Crippen LogP contribution in [0.15, 0.2) is 60.7 Å². The first kappa shape index (κ1) is 18.9. The molecule has 2 aromatic carbocycles. The van der Waals surface area contributed by atoms with Gasteiger partial charge in [-0.05, 0) is 11.1 Å². The maximum Gasteiger partial charge on any atom is 0.223 e. The Bertz CT molecular complexity index is 645. The predicted octanol–water partition coefficient (Wildman–Crippen LogP) is 4.61. The quantitative estimate of drug-likeness (QED) is 0.740. The van der Waals surface area contributed by atoms with Crippen molar-refractivity contribution in [1.82, 2.24) is 4.90 Å². The molecule has 132 valence electrons. The Kier molecular flexibility index (Phi) is 6.51. The molecule has 3 nitrogen and oxygen atoms in total. The Morgan fingerprint density at radius 2 is 1.20 bits per heavy atom. The fourth-order valence-corrected chi connectivity index (χ4v) is 2.59. The van der Waals surface area contributed by atoms with E-state index < -0.39 is 5.41 Å². The molecule has 0 aromatic heterocycles. The van der Waals surface area contributed by atoms with Gasteiger partial charge in [-0.25, -0.2) is 0 Å². The number of carbonyl (C=O) groups is 2. The highest BCUT2D eigenvalue weighted by molar-refractivity contribution is 5.88. The van der Waals surface area contributed by atoms with Crippen LogP contribution in [-0.4, -0.2) is 16.6 Å². The van der Waals surface area contributed by atoms with Gasteiger partial charge in [0.15, 0.2) is 0 Å². The molecule has 0 N–H and O–H groups in total. The van der Waals surface area contributed by atoms with Gasteiger partial charge in [-0.2, -0.15) is 0 Å². The van der Waals surface area contributed by atoms with Gasteiger partial charge in [0.2, 0.25) is 5.91 Å². The van der Waals surface area contributed by atoms with Crippen LogP contribution in [-0.2, 0) is 22.7 Å². The first-order valence-electron chi connectivity index (χ1n) is 8.75. The Morgan fingerprint density at radius 1 is 0.760 bits per heavy atom. The molecule has 0 aliphatic heterocycles. The molecule has 1 amide bonds. The summed E-state index contributed by atoms with van der Waals surface area (Å²) in [5, 5.41) is 0. The summed E-state index contributed by atoms with van der Waals surface area (Å²) in [4.78, 5) is 26.7. The minimum Gasteiger partial charge on any atom is -0.334 e. The number of benzene rings is 2. The summed E-state index contributed by atoms with van der Waals surface area (Å²) in [6.45, 7) is 6.79. The van der Waals surface area contributed by atoms with Gasteiger partial charge in [-0.15, -0.1) is 0 Å². The molecule has 0 atom stereocenters. The van der Waals surface area contributed by atoms with E-state index in [1.54, 1.807) is 0 Å². The van der Waals surface area contributed by atoms with Crippen LogP contribution in [0.25, 0.3) is 0 Å². The number of nitrogens with zero attached hydrogens (tertiary/aromatic N) is 1. The molecule has 0 fully saturated rings. The van der Waals surface area contributed by atoms with Crippen molar-refractivity contribution >= 4 is 11.7 Å². The summed E-state index contributed by atoms with van der Waals surface area (Å²) in [6, 6.07) is 19.9. The molecule has 0 radical (unpaired) electrons. The largest absolute Gasteiger partial charge is 0.334 e. The average molecular weight is 337 g/mol. The van der Waals surface area contributed by atoms with E-state index in [0.29, 0.717) is 19.5 Å². The summed E-state index contributed by atoms with van der Waals surface area (Å²) in [5.41, 5.74) is 1.78. The van der Waals surface area contributed by atoms with E-state index in [9.17, 15) is 9.59 Å². The summed E-state index contributed by atoms with van der Waals surface area (Å²) >= 11 is 0. The summed E-state index contributed by atoms with van der Waals surface area (Å²) in [6.07, 6.45) is 0.554. The van der Waals surface area contributed by atoms with Crippen molar-refractivity contribution in [3.63, 3.8) is 0 Å². The molecule has 0 aliphatic rings. The molecule has 0 bridgehead atoms. The number of ketones is 1. The van der Waals surface area contributed by atoms with E-state index in [1.165, 1.54) is 0 Å². The SMILES string of the molecule is CC(C)(C)C(=O)CCC(=O)N(Cc1ccccc1)Cc1ccccc1. The van der Waals surface area contributed by atoms with Crippen molar-refractivity contribution in [2.75, 3.05) is 0 Å². The van der Waals surface area contributed by atoms with Crippen molar-refractivity contribution in [3.05, 3.63) is 71.8 Å². The van der Waals surface area contributed by atoms with E-state index in [-0.39, 0.29) is 18.1 Å². The van der Waals surface area contributed by atoms with Gasteiger partial charge in [0.05, 0.1) is 0 Å². The van der Waals surface area contributed by atoms with Gasteiger partial charge in [0.25, 0.3) is 0 Å². The molecule has 2 aromatic rings. The van der Waals surface area contributed by atoms with Crippen LogP contribution in [0.2, 0.25) is 0 Å². The van der Waals surface area contributed by atoms with E-state index in [2.05, 4.69) is 0 Å². The summed E-state index contributed by atoms with van der Waals surface area (Å²) < 4.78 is 0. The third kappa shape index (κ3) is 6.18. The number of hydrogen-bond donors (Lipinski definition) is 0. The molecular weight excluding hydrogens is 310 g/mol. The van der Waals surface area contributed by atoms with Gasteiger partial charge < -0.3 is 4.90 Å². The number of rotatable bonds is 7. The van der Waals surface area contributed by atoms with Crippen molar-refractivity contribution in [1.29, 1.82) is 0 Å².